The summed E-state index contributed by atoms with van der Waals surface area (Å²) >= 11 is 0. The molecular weight excluding hydrogens is 328 g/mol. The van der Waals surface area contributed by atoms with Gasteiger partial charge in [0, 0.05) is 12.4 Å². The minimum Gasteiger partial charge on any atom is -0.496 e. The lowest BCUT2D eigenvalue weighted by molar-refractivity contribution is 0.0995. The summed E-state index contributed by atoms with van der Waals surface area (Å²) in [7, 11) is 1.55. The highest BCUT2D eigenvalue weighted by Crippen LogP contribution is 2.29. The zero-order valence-corrected chi connectivity index (χ0v) is 14.1. The molecule has 1 amide bonds. The molecule has 0 fully saturated rings. The number of imidazole rings is 1. The van der Waals surface area contributed by atoms with E-state index in [1.165, 1.54) is 0 Å². The van der Waals surface area contributed by atoms with Crippen molar-refractivity contribution in [2.75, 3.05) is 12.0 Å². The number of para-hydroxylation sites is 2. The predicted octanol–water partition coefficient (Wildman–Crippen LogP) is 3.72. The molecule has 4 rings (SSSR count). The van der Waals surface area contributed by atoms with Crippen molar-refractivity contribution in [3.05, 3.63) is 84.7 Å². The molecule has 0 saturated heterocycles. The van der Waals surface area contributed by atoms with Crippen LogP contribution in [0.1, 0.15) is 10.4 Å². The number of carbonyl (C=O) groups is 1. The van der Waals surface area contributed by atoms with Gasteiger partial charge >= 0.3 is 0 Å². The average molecular weight is 344 g/mol. The zero-order valence-electron chi connectivity index (χ0n) is 14.1. The quantitative estimate of drug-likeness (QED) is 0.566. The van der Waals surface area contributed by atoms with Crippen LogP contribution in [0, 0.1) is 0 Å². The zero-order chi connectivity index (χ0) is 17.9. The van der Waals surface area contributed by atoms with Crippen LogP contribution in [-0.2, 0) is 0 Å². The number of carbonyl (C=O) groups excluding carboxylic acids is 1. The molecule has 0 aliphatic rings. The number of methoxy groups -OCH3 is 1. The molecule has 26 heavy (non-hydrogen) atoms. The summed E-state index contributed by atoms with van der Waals surface area (Å²) < 4.78 is 7.00. The SMILES string of the molecule is COc1ccccc1C(=O)N(c1ccccc1)c1ccc2nccn2n1. The van der Waals surface area contributed by atoms with E-state index in [4.69, 9.17) is 4.74 Å². The smallest absolute Gasteiger partial charge is 0.267 e. The number of nitrogens with zero attached hydrogens (tertiary/aromatic N) is 4. The normalized spacial score (nSPS) is 10.7. The second kappa shape index (κ2) is 6.68. The first-order valence-electron chi connectivity index (χ1n) is 8.11. The molecule has 0 radical (unpaired) electrons. The lowest BCUT2D eigenvalue weighted by atomic mass is 10.1. The van der Waals surface area contributed by atoms with Crippen molar-refractivity contribution in [1.29, 1.82) is 0 Å². The summed E-state index contributed by atoms with van der Waals surface area (Å²) in [4.78, 5) is 19.1. The summed E-state index contributed by atoms with van der Waals surface area (Å²) in [5, 5.41) is 4.53. The van der Waals surface area contributed by atoms with Gasteiger partial charge in [0.05, 0.1) is 18.4 Å². The monoisotopic (exact) mass is 344 g/mol. The van der Waals surface area contributed by atoms with Crippen LogP contribution < -0.4 is 9.64 Å². The summed E-state index contributed by atoms with van der Waals surface area (Å²) in [6.07, 6.45) is 3.41. The lowest BCUT2D eigenvalue weighted by Gasteiger charge is -2.22. The van der Waals surface area contributed by atoms with Gasteiger partial charge in [0.15, 0.2) is 11.5 Å². The Labute approximate surface area is 150 Å². The Morgan fingerprint density at radius 2 is 1.77 bits per heavy atom. The maximum Gasteiger partial charge on any atom is 0.267 e. The van der Waals surface area contributed by atoms with Crippen LogP contribution in [0.25, 0.3) is 5.65 Å². The molecule has 0 saturated carbocycles. The van der Waals surface area contributed by atoms with Gasteiger partial charge in [-0.25, -0.2) is 9.50 Å². The first-order chi connectivity index (χ1) is 12.8. The van der Waals surface area contributed by atoms with Gasteiger partial charge in [-0.05, 0) is 36.4 Å². The number of hydrogen-bond acceptors (Lipinski definition) is 4. The molecular formula is C20H16N4O2. The van der Waals surface area contributed by atoms with E-state index in [9.17, 15) is 4.79 Å². The molecule has 2 aromatic heterocycles. The largest absolute Gasteiger partial charge is 0.496 e. The molecule has 0 unspecified atom stereocenters. The number of ether oxygens (including phenoxy) is 1. The summed E-state index contributed by atoms with van der Waals surface area (Å²) in [5.74, 6) is 0.792. The van der Waals surface area contributed by atoms with Crippen LogP contribution in [0.2, 0.25) is 0 Å². The van der Waals surface area contributed by atoms with Crippen LogP contribution in [0.4, 0.5) is 11.5 Å². The summed E-state index contributed by atoms with van der Waals surface area (Å²) in [6, 6.07) is 20.2. The number of fused-ring (bicyclic) bond motifs is 1. The van der Waals surface area contributed by atoms with Crippen molar-refractivity contribution in [3.8, 4) is 5.75 Å². The maximum absolute atomic E-state index is 13.4. The second-order valence-electron chi connectivity index (χ2n) is 5.60. The van der Waals surface area contributed by atoms with Crippen LogP contribution in [-0.4, -0.2) is 27.6 Å². The Morgan fingerprint density at radius 1 is 1.00 bits per heavy atom. The van der Waals surface area contributed by atoms with E-state index in [1.54, 1.807) is 47.1 Å². The second-order valence-corrected chi connectivity index (χ2v) is 5.60. The molecule has 0 aliphatic heterocycles. The van der Waals surface area contributed by atoms with Crippen molar-refractivity contribution in [1.82, 2.24) is 14.6 Å². The van der Waals surface area contributed by atoms with E-state index < -0.39 is 0 Å². The standard InChI is InChI=1S/C20H16N4O2/c1-26-17-10-6-5-9-16(17)20(25)24(15-7-3-2-4-8-15)19-12-11-18-21-13-14-23(18)22-19/h2-14H,1H3. The third-order valence-corrected chi connectivity index (χ3v) is 4.03. The van der Waals surface area contributed by atoms with Crippen LogP contribution >= 0.6 is 0 Å². The molecule has 0 bridgehead atoms. The van der Waals surface area contributed by atoms with Crippen molar-refractivity contribution in [2.45, 2.75) is 0 Å². The van der Waals surface area contributed by atoms with E-state index in [0.29, 0.717) is 22.8 Å². The Balaban J connectivity index is 1.87. The highest BCUT2D eigenvalue weighted by molar-refractivity contribution is 6.11. The maximum atomic E-state index is 13.4. The van der Waals surface area contributed by atoms with E-state index in [1.807, 2.05) is 48.5 Å². The lowest BCUT2D eigenvalue weighted by Crippen LogP contribution is -2.27. The van der Waals surface area contributed by atoms with Gasteiger partial charge in [-0.15, -0.1) is 5.10 Å². The van der Waals surface area contributed by atoms with E-state index in [-0.39, 0.29) is 5.91 Å². The molecule has 2 heterocycles. The predicted molar refractivity (Wildman–Crippen MR) is 98.9 cm³/mol. The van der Waals surface area contributed by atoms with E-state index in [0.717, 1.165) is 5.69 Å². The van der Waals surface area contributed by atoms with E-state index in [2.05, 4.69) is 10.1 Å². The highest BCUT2D eigenvalue weighted by Gasteiger charge is 2.24. The van der Waals surface area contributed by atoms with E-state index >= 15 is 0 Å². The van der Waals surface area contributed by atoms with Gasteiger partial charge < -0.3 is 4.74 Å². The minimum atomic E-state index is -0.222. The van der Waals surface area contributed by atoms with Crippen molar-refractivity contribution in [3.63, 3.8) is 0 Å². The van der Waals surface area contributed by atoms with Gasteiger partial charge in [0.2, 0.25) is 0 Å². The molecule has 2 aromatic carbocycles. The number of rotatable bonds is 4. The molecule has 0 atom stereocenters. The molecule has 6 heteroatoms. The Bertz CT molecular complexity index is 1060. The molecule has 0 N–H and O–H groups in total. The fraction of sp³-hybridized carbons (Fsp3) is 0.0500. The van der Waals surface area contributed by atoms with Gasteiger partial charge in [-0.2, -0.15) is 0 Å². The first kappa shape index (κ1) is 15.8. The van der Waals surface area contributed by atoms with Crippen molar-refractivity contribution in [2.24, 2.45) is 0 Å². The number of anilines is 2. The van der Waals surface area contributed by atoms with Crippen LogP contribution in [0.3, 0.4) is 0 Å². The number of hydrogen-bond donors (Lipinski definition) is 0. The third kappa shape index (κ3) is 2.77. The molecule has 6 nitrogen and oxygen atoms in total. The minimum absolute atomic E-state index is 0.222. The number of benzene rings is 2. The van der Waals surface area contributed by atoms with Crippen molar-refractivity contribution < 1.29 is 9.53 Å². The van der Waals surface area contributed by atoms with Gasteiger partial charge in [0.25, 0.3) is 5.91 Å². The summed E-state index contributed by atoms with van der Waals surface area (Å²) in [6.45, 7) is 0. The average Bonchev–Trinajstić information content (AvgIpc) is 3.17. The molecule has 128 valence electrons. The molecule has 0 spiro atoms. The fourth-order valence-electron chi connectivity index (χ4n) is 2.80. The summed E-state index contributed by atoms with van der Waals surface area (Å²) in [5.41, 5.74) is 1.90. The highest BCUT2D eigenvalue weighted by atomic mass is 16.5. The Hall–Kier alpha value is -3.67. The molecule has 0 aliphatic carbocycles. The third-order valence-electron chi connectivity index (χ3n) is 4.03. The number of amides is 1. The topological polar surface area (TPSA) is 59.7 Å². The van der Waals surface area contributed by atoms with Crippen molar-refractivity contribution >= 4 is 23.1 Å². The fourth-order valence-corrected chi connectivity index (χ4v) is 2.80. The van der Waals surface area contributed by atoms with Gasteiger partial charge in [0.1, 0.15) is 5.75 Å². The Morgan fingerprint density at radius 3 is 2.58 bits per heavy atom. The van der Waals surface area contributed by atoms with Crippen LogP contribution in [0.5, 0.6) is 5.75 Å². The Kier molecular flexibility index (Phi) is 4.07. The molecule has 4 aromatic rings. The van der Waals surface area contributed by atoms with Crippen LogP contribution in [0.15, 0.2) is 79.1 Å². The van der Waals surface area contributed by atoms with Gasteiger partial charge in [-0.3, -0.25) is 9.69 Å². The van der Waals surface area contributed by atoms with Gasteiger partial charge in [-0.1, -0.05) is 30.3 Å². The first-order valence-corrected chi connectivity index (χ1v) is 8.11. The number of aromatic nitrogens is 3.